The molecule has 0 bridgehead atoms. The Bertz CT molecular complexity index is 1190. The number of nitrogens with two attached hydrogens (primary N) is 1. The van der Waals surface area contributed by atoms with E-state index in [0.29, 0.717) is 11.6 Å². The molecule has 0 unspecified atom stereocenters. The van der Waals surface area contributed by atoms with Crippen LogP contribution in [0.5, 0.6) is 11.5 Å². The number of benzene rings is 2. The quantitative estimate of drug-likeness (QED) is 0.530. The van der Waals surface area contributed by atoms with Gasteiger partial charge < -0.3 is 20.7 Å². The van der Waals surface area contributed by atoms with Crippen molar-refractivity contribution in [3.8, 4) is 29.0 Å². The molecule has 1 amide bonds. The van der Waals surface area contributed by atoms with Crippen molar-refractivity contribution in [2.75, 3.05) is 6.61 Å². The Labute approximate surface area is 179 Å². The average molecular weight is 444 g/mol. The van der Waals surface area contributed by atoms with E-state index in [0.717, 1.165) is 12.1 Å². The largest absolute Gasteiger partial charge is 0.457 e. The number of hydrogen-bond acceptors (Lipinski definition) is 7. The number of alkyl halides is 3. The molecule has 2 aromatic carbocycles. The van der Waals surface area contributed by atoms with Gasteiger partial charge in [0.1, 0.15) is 23.3 Å². The Morgan fingerprint density at radius 2 is 1.84 bits per heavy atom. The number of rotatable bonds is 6. The highest BCUT2D eigenvalue weighted by Crippen LogP contribution is 2.39. The van der Waals surface area contributed by atoms with Gasteiger partial charge in [0.05, 0.1) is 29.5 Å². The van der Waals surface area contributed by atoms with Crippen molar-refractivity contribution in [1.29, 1.82) is 5.26 Å². The molecule has 3 aromatic rings. The van der Waals surface area contributed by atoms with Crippen molar-refractivity contribution in [3.63, 3.8) is 0 Å². The Kier molecular flexibility index (Phi) is 6.38. The first kappa shape index (κ1) is 22.7. The maximum Gasteiger partial charge on any atom is 0.420 e. The SMILES string of the molecule is N#Cc1ccc(Oc2ccc(-c3nc(C(N)=O)cc([C@H](O)CO)n3)cc2)c(C(F)(F)F)c1. The number of carbonyl (C=O) groups excluding carboxylic acids is 1. The van der Waals surface area contributed by atoms with Crippen molar-refractivity contribution in [3.05, 3.63) is 71.0 Å². The van der Waals surface area contributed by atoms with Gasteiger partial charge in [-0.1, -0.05) is 0 Å². The van der Waals surface area contributed by atoms with Crippen LogP contribution in [0.2, 0.25) is 0 Å². The fourth-order valence-corrected chi connectivity index (χ4v) is 2.69. The van der Waals surface area contributed by atoms with E-state index >= 15 is 0 Å². The maximum absolute atomic E-state index is 13.3. The number of nitrogens with zero attached hydrogens (tertiary/aromatic N) is 3. The van der Waals surface area contributed by atoms with Gasteiger partial charge in [0, 0.05) is 5.56 Å². The molecule has 0 radical (unpaired) electrons. The summed E-state index contributed by atoms with van der Waals surface area (Å²) >= 11 is 0. The van der Waals surface area contributed by atoms with E-state index < -0.39 is 36.1 Å². The number of ether oxygens (including phenoxy) is 1. The van der Waals surface area contributed by atoms with Crippen LogP contribution in [0.3, 0.4) is 0 Å². The fourth-order valence-electron chi connectivity index (χ4n) is 2.69. The number of halogens is 3. The third kappa shape index (κ3) is 5.00. The summed E-state index contributed by atoms with van der Waals surface area (Å²) in [6.07, 6.45) is -6.09. The average Bonchev–Trinajstić information content (AvgIpc) is 2.78. The third-order valence-electron chi connectivity index (χ3n) is 4.27. The Morgan fingerprint density at radius 3 is 2.41 bits per heavy atom. The van der Waals surface area contributed by atoms with Crippen LogP contribution in [0, 0.1) is 11.3 Å². The molecule has 8 nitrogen and oxygen atoms in total. The first-order valence-corrected chi connectivity index (χ1v) is 8.99. The molecule has 3 rings (SSSR count). The van der Waals surface area contributed by atoms with Crippen LogP contribution in [-0.2, 0) is 6.18 Å². The van der Waals surface area contributed by atoms with Crippen molar-refractivity contribution < 1.29 is 32.9 Å². The first-order chi connectivity index (χ1) is 15.1. The van der Waals surface area contributed by atoms with Crippen LogP contribution >= 0.6 is 0 Å². The second-order valence-corrected chi connectivity index (χ2v) is 6.51. The highest BCUT2D eigenvalue weighted by atomic mass is 19.4. The predicted octanol–water partition coefficient (Wildman–Crippen LogP) is 2.95. The molecule has 0 spiro atoms. The van der Waals surface area contributed by atoms with E-state index in [1.54, 1.807) is 6.07 Å². The zero-order valence-corrected chi connectivity index (χ0v) is 16.2. The molecule has 1 atom stereocenters. The molecule has 32 heavy (non-hydrogen) atoms. The Balaban J connectivity index is 1.94. The molecule has 11 heteroatoms. The second-order valence-electron chi connectivity index (χ2n) is 6.51. The first-order valence-electron chi connectivity index (χ1n) is 8.99. The molecule has 0 aliphatic rings. The van der Waals surface area contributed by atoms with Crippen molar-refractivity contribution in [2.24, 2.45) is 5.73 Å². The maximum atomic E-state index is 13.3. The second kappa shape index (κ2) is 9.01. The van der Waals surface area contributed by atoms with Gasteiger partial charge in [-0.3, -0.25) is 4.79 Å². The van der Waals surface area contributed by atoms with E-state index in [-0.39, 0.29) is 28.5 Å². The molecule has 0 aliphatic carbocycles. The Morgan fingerprint density at radius 1 is 1.16 bits per heavy atom. The van der Waals surface area contributed by atoms with Gasteiger partial charge in [0.2, 0.25) is 0 Å². The summed E-state index contributed by atoms with van der Waals surface area (Å²) in [5, 5.41) is 27.8. The molecular weight excluding hydrogens is 429 g/mol. The van der Waals surface area contributed by atoms with Gasteiger partial charge in [-0.05, 0) is 48.5 Å². The third-order valence-corrected chi connectivity index (χ3v) is 4.27. The van der Waals surface area contributed by atoms with Gasteiger partial charge in [-0.15, -0.1) is 0 Å². The molecule has 0 fully saturated rings. The number of aliphatic hydroxyl groups is 2. The van der Waals surface area contributed by atoms with Gasteiger partial charge >= 0.3 is 6.18 Å². The standard InChI is InChI=1S/C21H15F3N4O4/c22-21(23,24)14-7-11(9-25)1-6-18(14)32-13-4-2-12(3-5-13)20-27-15(17(30)10-29)8-16(28-20)19(26)31/h1-8,17,29-30H,10H2,(H2,26,31)/t17-/m1/s1. The zero-order chi connectivity index (χ0) is 23.5. The van der Waals surface area contributed by atoms with Crippen LogP contribution in [-0.4, -0.2) is 32.7 Å². The summed E-state index contributed by atoms with van der Waals surface area (Å²) in [5.74, 6) is -1.29. The zero-order valence-electron chi connectivity index (χ0n) is 16.2. The van der Waals surface area contributed by atoms with Crippen LogP contribution < -0.4 is 10.5 Å². The molecule has 0 aliphatic heterocycles. The summed E-state index contributed by atoms with van der Waals surface area (Å²) in [6.45, 7) is -0.645. The molecule has 164 valence electrons. The minimum absolute atomic E-state index is 0.00436. The monoisotopic (exact) mass is 444 g/mol. The lowest BCUT2D eigenvalue weighted by Crippen LogP contribution is -2.16. The summed E-state index contributed by atoms with van der Waals surface area (Å²) in [7, 11) is 0. The number of carbonyl (C=O) groups is 1. The van der Waals surface area contributed by atoms with Crippen LogP contribution in [0.1, 0.15) is 33.4 Å². The summed E-state index contributed by atoms with van der Waals surface area (Å²) in [4.78, 5) is 19.6. The topological polar surface area (TPSA) is 142 Å². The smallest absolute Gasteiger partial charge is 0.420 e. The number of aliphatic hydroxyl groups excluding tert-OH is 2. The number of amides is 1. The number of hydrogen-bond donors (Lipinski definition) is 3. The van der Waals surface area contributed by atoms with Gasteiger partial charge in [0.15, 0.2) is 5.82 Å². The van der Waals surface area contributed by atoms with E-state index in [9.17, 15) is 23.1 Å². The lowest BCUT2D eigenvalue weighted by Gasteiger charge is -2.14. The van der Waals surface area contributed by atoms with Crippen LogP contribution in [0.15, 0.2) is 48.5 Å². The van der Waals surface area contributed by atoms with E-state index in [4.69, 9.17) is 20.8 Å². The molecular formula is C21H15F3N4O4. The molecule has 0 saturated carbocycles. The highest BCUT2D eigenvalue weighted by Gasteiger charge is 2.35. The molecule has 0 saturated heterocycles. The minimum Gasteiger partial charge on any atom is -0.457 e. The van der Waals surface area contributed by atoms with E-state index in [1.807, 2.05) is 0 Å². The summed E-state index contributed by atoms with van der Waals surface area (Å²) in [6, 6.07) is 11.3. The van der Waals surface area contributed by atoms with Gasteiger partial charge in [-0.2, -0.15) is 18.4 Å². The lowest BCUT2D eigenvalue weighted by atomic mass is 10.1. The highest BCUT2D eigenvalue weighted by molar-refractivity contribution is 5.91. The van der Waals surface area contributed by atoms with E-state index in [2.05, 4.69) is 9.97 Å². The van der Waals surface area contributed by atoms with E-state index in [1.165, 1.54) is 30.3 Å². The van der Waals surface area contributed by atoms with Crippen LogP contribution in [0.25, 0.3) is 11.4 Å². The molecule has 1 aromatic heterocycles. The van der Waals surface area contributed by atoms with Crippen LogP contribution in [0.4, 0.5) is 13.2 Å². The summed E-state index contributed by atoms with van der Waals surface area (Å²) < 4.78 is 45.3. The fraction of sp³-hybridized carbons (Fsp3) is 0.143. The van der Waals surface area contributed by atoms with Gasteiger partial charge in [-0.25, -0.2) is 9.97 Å². The minimum atomic E-state index is -4.73. The van der Waals surface area contributed by atoms with Crippen molar-refractivity contribution in [1.82, 2.24) is 9.97 Å². The summed E-state index contributed by atoms with van der Waals surface area (Å²) in [5.41, 5.74) is 4.12. The van der Waals surface area contributed by atoms with Gasteiger partial charge in [0.25, 0.3) is 5.91 Å². The normalized spacial score (nSPS) is 12.1. The van der Waals surface area contributed by atoms with Crippen molar-refractivity contribution in [2.45, 2.75) is 12.3 Å². The predicted molar refractivity (Wildman–Crippen MR) is 104 cm³/mol. The van der Waals surface area contributed by atoms with Crippen molar-refractivity contribution >= 4 is 5.91 Å². The Hall–Kier alpha value is -4.01. The number of aromatic nitrogens is 2. The number of primary amides is 1. The number of nitriles is 1. The lowest BCUT2D eigenvalue weighted by molar-refractivity contribution is -0.138. The molecule has 1 heterocycles. The molecule has 4 N–H and O–H groups in total.